The van der Waals surface area contributed by atoms with Crippen molar-refractivity contribution >= 4 is 21.4 Å². The highest BCUT2D eigenvalue weighted by Gasteiger charge is 2.15. The molecule has 1 aromatic heterocycles. The minimum Gasteiger partial charge on any atom is -0.497 e. The first kappa shape index (κ1) is 19.5. The topological polar surface area (TPSA) is 68.3 Å². The number of hydrogen-bond donors (Lipinski definition) is 1. The zero-order chi connectivity index (χ0) is 19.4. The highest BCUT2D eigenvalue weighted by atomic mass is 32.2. The molecule has 27 heavy (non-hydrogen) atoms. The molecule has 0 aliphatic carbocycles. The Morgan fingerprint density at radius 1 is 1.11 bits per heavy atom. The first-order chi connectivity index (χ1) is 12.9. The van der Waals surface area contributed by atoms with Gasteiger partial charge in [0, 0.05) is 17.0 Å². The highest BCUT2D eigenvalue weighted by molar-refractivity contribution is 7.89. The summed E-state index contributed by atoms with van der Waals surface area (Å²) in [5.74, 6) is 0.308. The fraction of sp³-hybridized carbons (Fsp3) is 0.211. The van der Waals surface area contributed by atoms with Gasteiger partial charge < -0.3 is 4.74 Å². The number of halogens is 1. The van der Waals surface area contributed by atoms with Gasteiger partial charge in [-0.1, -0.05) is 0 Å². The number of benzene rings is 2. The summed E-state index contributed by atoms with van der Waals surface area (Å²) in [5, 5.41) is 0.881. The molecular weight excluding hydrogens is 387 g/mol. The molecule has 1 heterocycles. The quantitative estimate of drug-likeness (QED) is 0.648. The average molecular weight is 407 g/mol. The largest absolute Gasteiger partial charge is 0.497 e. The average Bonchev–Trinajstić information content (AvgIpc) is 3.03. The third-order valence-electron chi connectivity index (χ3n) is 4.00. The van der Waals surface area contributed by atoms with Crippen molar-refractivity contribution in [3.8, 4) is 16.3 Å². The Labute approximate surface area is 161 Å². The number of ether oxygens (including phenoxy) is 1. The molecule has 0 unspecified atom stereocenters. The van der Waals surface area contributed by atoms with E-state index in [4.69, 9.17) is 4.74 Å². The lowest BCUT2D eigenvalue weighted by Crippen LogP contribution is -2.25. The van der Waals surface area contributed by atoms with E-state index >= 15 is 0 Å². The van der Waals surface area contributed by atoms with E-state index in [1.165, 1.54) is 23.5 Å². The third kappa shape index (κ3) is 4.71. The molecule has 0 atom stereocenters. The number of rotatable bonds is 7. The number of aromatic nitrogens is 1. The van der Waals surface area contributed by atoms with E-state index in [0.717, 1.165) is 39.0 Å². The van der Waals surface area contributed by atoms with Gasteiger partial charge in [0.25, 0.3) is 0 Å². The van der Waals surface area contributed by atoms with E-state index < -0.39 is 15.8 Å². The molecule has 0 saturated carbocycles. The Kier molecular flexibility index (Phi) is 5.88. The van der Waals surface area contributed by atoms with Crippen LogP contribution >= 0.6 is 11.3 Å². The van der Waals surface area contributed by atoms with Crippen molar-refractivity contribution in [3.05, 3.63) is 64.9 Å². The Morgan fingerprint density at radius 3 is 2.41 bits per heavy atom. The van der Waals surface area contributed by atoms with Crippen LogP contribution in [0.5, 0.6) is 5.75 Å². The summed E-state index contributed by atoms with van der Waals surface area (Å²) >= 11 is 1.54. The minimum absolute atomic E-state index is 0.0452. The molecular formula is C19H19FN2O3S2. The maximum Gasteiger partial charge on any atom is 0.240 e. The molecule has 1 N–H and O–H groups in total. The molecule has 2 aromatic carbocycles. The number of methoxy groups -OCH3 is 1. The van der Waals surface area contributed by atoms with Crippen molar-refractivity contribution in [2.45, 2.75) is 18.2 Å². The lowest BCUT2D eigenvalue weighted by molar-refractivity contribution is 0.415. The maximum atomic E-state index is 12.9. The summed E-state index contributed by atoms with van der Waals surface area (Å²) in [6.07, 6.45) is 0.528. The van der Waals surface area contributed by atoms with Crippen LogP contribution in [0.1, 0.15) is 10.6 Å². The summed E-state index contributed by atoms with van der Waals surface area (Å²) in [6, 6.07) is 12.4. The predicted octanol–water partition coefficient (Wildman–Crippen LogP) is 3.79. The van der Waals surface area contributed by atoms with E-state index in [-0.39, 0.29) is 11.4 Å². The maximum absolute atomic E-state index is 12.9. The van der Waals surface area contributed by atoms with E-state index in [9.17, 15) is 12.8 Å². The van der Waals surface area contributed by atoms with Gasteiger partial charge in [0.05, 0.1) is 17.7 Å². The summed E-state index contributed by atoms with van der Waals surface area (Å²) in [4.78, 5) is 5.64. The normalized spacial score (nSPS) is 11.5. The van der Waals surface area contributed by atoms with Crippen LogP contribution in [-0.4, -0.2) is 27.1 Å². The van der Waals surface area contributed by atoms with Gasteiger partial charge in [-0.05, 0) is 61.9 Å². The molecule has 0 aliphatic rings. The second kappa shape index (κ2) is 8.16. The SMILES string of the molecule is COc1ccc(-c2nc(C)c(CCNS(=O)(=O)c3ccc(F)cc3)s2)cc1. The van der Waals surface area contributed by atoms with Crippen molar-refractivity contribution in [3.63, 3.8) is 0 Å². The Balaban J connectivity index is 1.66. The third-order valence-corrected chi connectivity index (χ3v) is 6.74. The second-order valence-electron chi connectivity index (χ2n) is 5.86. The first-order valence-corrected chi connectivity index (χ1v) is 10.5. The van der Waals surface area contributed by atoms with Gasteiger partial charge in [-0.25, -0.2) is 22.5 Å². The van der Waals surface area contributed by atoms with Crippen LogP contribution in [0.3, 0.4) is 0 Å². The fourth-order valence-electron chi connectivity index (χ4n) is 2.51. The number of sulfonamides is 1. The monoisotopic (exact) mass is 406 g/mol. The number of hydrogen-bond acceptors (Lipinski definition) is 5. The molecule has 5 nitrogen and oxygen atoms in total. The Hall–Kier alpha value is -2.29. The van der Waals surface area contributed by atoms with Crippen LogP contribution in [-0.2, 0) is 16.4 Å². The zero-order valence-corrected chi connectivity index (χ0v) is 16.5. The van der Waals surface area contributed by atoms with Gasteiger partial charge >= 0.3 is 0 Å². The van der Waals surface area contributed by atoms with Gasteiger partial charge in [-0.15, -0.1) is 11.3 Å². The van der Waals surface area contributed by atoms with Gasteiger partial charge in [-0.3, -0.25) is 0 Å². The number of thiazole rings is 1. The Morgan fingerprint density at radius 2 is 1.78 bits per heavy atom. The standard InChI is InChI=1S/C19H19FN2O3S2/c1-13-18(26-19(22-13)14-3-7-16(25-2)8-4-14)11-12-21-27(23,24)17-9-5-15(20)6-10-17/h3-10,21H,11-12H2,1-2H3. The van der Waals surface area contributed by atoms with Crippen LogP contribution in [0, 0.1) is 12.7 Å². The van der Waals surface area contributed by atoms with Crippen LogP contribution in [0.25, 0.3) is 10.6 Å². The zero-order valence-electron chi connectivity index (χ0n) is 14.9. The van der Waals surface area contributed by atoms with Crippen molar-refractivity contribution in [1.82, 2.24) is 9.71 Å². The summed E-state index contributed by atoms with van der Waals surface area (Å²) < 4.78 is 45.2. The van der Waals surface area contributed by atoms with Crippen LogP contribution < -0.4 is 9.46 Å². The van der Waals surface area contributed by atoms with E-state index in [1.807, 2.05) is 31.2 Å². The summed E-state index contributed by atoms with van der Waals surface area (Å²) in [5.41, 5.74) is 1.87. The molecule has 8 heteroatoms. The van der Waals surface area contributed by atoms with Crippen LogP contribution in [0.4, 0.5) is 4.39 Å². The highest BCUT2D eigenvalue weighted by Crippen LogP contribution is 2.29. The number of aryl methyl sites for hydroxylation is 1. The van der Waals surface area contributed by atoms with Crippen molar-refractivity contribution in [2.24, 2.45) is 0 Å². The molecule has 0 bridgehead atoms. The molecule has 0 aliphatic heterocycles. The van der Waals surface area contributed by atoms with Crippen LogP contribution in [0.2, 0.25) is 0 Å². The molecule has 0 saturated heterocycles. The Bertz CT molecular complexity index is 1010. The number of nitrogens with zero attached hydrogens (tertiary/aromatic N) is 1. The van der Waals surface area contributed by atoms with Gasteiger partial charge in [0.1, 0.15) is 16.6 Å². The molecule has 0 spiro atoms. The molecule has 0 radical (unpaired) electrons. The van der Waals surface area contributed by atoms with E-state index in [2.05, 4.69) is 9.71 Å². The summed E-state index contributed by atoms with van der Waals surface area (Å²) in [7, 11) is -2.04. The first-order valence-electron chi connectivity index (χ1n) is 8.25. The van der Waals surface area contributed by atoms with Crippen molar-refractivity contribution < 1.29 is 17.5 Å². The summed E-state index contributed by atoms with van der Waals surface area (Å²) in [6.45, 7) is 2.15. The lowest BCUT2D eigenvalue weighted by Gasteiger charge is -2.06. The minimum atomic E-state index is -3.66. The lowest BCUT2D eigenvalue weighted by atomic mass is 10.2. The predicted molar refractivity (Wildman–Crippen MR) is 104 cm³/mol. The molecule has 0 fully saturated rings. The van der Waals surface area contributed by atoms with Crippen LogP contribution in [0.15, 0.2) is 53.4 Å². The smallest absolute Gasteiger partial charge is 0.240 e. The van der Waals surface area contributed by atoms with Gasteiger partial charge in [0.2, 0.25) is 10.0 Å². The van der Waals surface area contributed by atoms with E-state index in [1.54, 1.807) is 7.11 Å². The van der Waals surface area contributed by atoms with E-state index in [0.29, 0.717) is 6.42 Å². The fourth-order valence-corrected chi connectivity index (χ4v) is 4.61. The second-order valence-corrected chi connectivity index (χ2v) is 8.71. The van der Waals surface area contributed by atoms with Crippen molar-refractivity contribution in [2.75, 3.05) is 13.7 Å². The molecule has 0 amide bonds. The molecule has 3 aromatic rings. The van der Waals surface area contributed by atoms with Gasteiger partial charge in [0.15, 0.2) is 0 Å². The molecule has 142 valence electrons. The number of nitrogens with one attached hydrogen (secondary N) is 1. The molecule has 3 rings (SSSR count). The van der Waals surface area contributed by atoms with Crippen molar-refractivity contribution in [1.29, 1.82) is 0 Å². The van der Waals surface area contributed by atoms with Gasteiger partial charge in [-0.2, -0.15) is 0 Å².